The third kappa shape index (κ3) is 10.1. The van der Waals surface area contributed by atoms with E-state index in [-0.39, 0.29) is 0 Å². The number of ether oxygens (including phenoxy) is 3. The first kappa shape index (κ1) is 22.3. The van der Waals surface area contributed by atoms with Crippen molar-refractivity contribution in [3.8, 4) is 0 Å². The summed E-state index contributed by atoms with van der Waals surface area (Å²) in [6.45, 7) is 13.1. The number of hydrogen-bond acceptors (Lipinski definition) is 6. The summed E-state index contributed by atoms with van der Waals surface area (Å²) in [5.41, 5.74) is -1.46. The lowest BCUT2D eigenvalue weighted by molar-refractivity contribution is -0.104. The molecule has 0 amide bonds. The molecule has 0 unspecified atom stereocenters. The maximum Gasteiger partial charge on any atom is 0.906 e. The van der Waals surface area contributed by atoms with Gasteiger partial charge in [0.1, 0.15) is 0 Å². The molecule has 0 saturated heterocycles. The van der Waals surface area contributed by atoms with Gasteiger partial charge in [0, 0.05) is 21.3 Å². The lowest BCUT2D eigenvalue weighted by Gasteiger charge is -2.36. The number of methoxy groups -OCH3 is 3. The molecule has 0 bridgehead atoms. The van der Waals surface area contributed by atoms with E-state index in [2.05, 4.69) is 0 Å². The molecular formula is C15H33AlO6. The van der Waals surface area contributed by atoms with E-state index < -0.39 is 32.0 Å². The Kier molecular flexibility index (Phi) is 9.68. The normalized spacial score (nSPS) is 13.5. The summed E-state index contributed by atoms with van der Waals surface area (Å²) in [4.78, 5) is 0. The van der Waals surface area contributed by atoms with Crippen molar-refractivity contribution in [1.29, 1.82) is 0 Å². The average molecular weight is 336 g/mol. The number of hydrogen-bond donors (Lipinski definition) is 0. The second-order valence-electron chi connectivity index (χ2n) is 7.22. The fourth-order valence-corrected chi connectivity index (χ4v) is 3.91. The minimum atomic E-state index is -2.44. The van der Waals surface area contributed by atoms with Gasteiger partial charge in [-0.25, -0.2) is 0 Å². The van der Waals surface area contributed by atoms with E-state index in [1.807, 2.05) is 41.5 Å². The molecule has 132 valence electrons. The summed E-state index contributed by atoms with van der Waals surface area (Å²) in [6, 6.07) is 0. The Morgan fingerprint density at radius 3 is 0.955 bits per heavy atom. The fraction of sp³-hybridized carbons (Fsp3) is 1.00. The van der Waals surface area contributed by atoms with Gasteiger partial charge < -0.3 is 25.6 Å². The summed E-state index contributed by atoms with van der Waals surface area (Å²) >= 11 is -2.44. The molecule has 0 fully saturated rings. The maximum absolute atomic E-state index is 6.10. The summed E-state index contributed by atoms with van der Waals surface area (Å²) < 4.78 is 33.9. The highest BCUT2D eigenvalue weighted by molar-refractivity contribution is 6.36. The second kappa shape index (κ2) is 9.55. The Labute approximate surface area is 140 Å². The largest absolute Gasteiger partial charge is 0.906 e. The van der Waals surface area contributed by atoms with Crippen LogP contribution in [0.1, 0.15) is 41.5 Å². The van der Waals surface area contributed by atoms with Crippen LogP contribution in [0.15, 0.2) is 0 Å². The van der Waals surface area contributed by atoms with E-state index in [9.17, 15) is 0 Å². The average Bonchev–Trinajstić information content (AvgIpc) is 2.25. The highest BCUT2D eigenvalue weighted by Crippen LogP contribution is 2.22. The smallest absolute Gasteiger partial charge is 0.448 e. The Bertz CT molecular complexity index is 259. The van der Waals surface area contributed by atoms with Crippen LogP contribution in [0.5, 0.6) is 0 Å². The van der Waals surface area contributed by atoms with Crippen molar-refractivity contribution in [2.45, 2.75) is 58.3 Å². The van der Waals surface area contributed by atoms with E-state index in [4.69, 9.17) is 25.6 Å². The molecule has 0 heterocycles. The van der Waals surface area contributed by atoms with Crippen LogP contribution in [0.3, 0.4) is 0 Å². The van der Waals surface area contributed by atoms with Gasteiger partial charge in [0.05, 0.1) is 36.6 Å². The molecular weight excluding hydrogens is 303 g/mol. The molecule has 0 rings (SSSR count). The molecule has 0 aromatic heterocycles. The Morgan fingerprint density at radius 2 is 0.773 bits per heavy atom. The van der Waals surface area contributed by atoms with Crippen molar-refractivity contribution in [3.05, 3.63) is 0 Å². The molecule has 0 aliphatic carbocycles. The molecule has 0 aromatic carbocycles. The van der Waals surface area contributed by atoms with Crippen molar-refractivity contribution >= 4 is 15.1 Å². The Hall–Kier alpha value is 0.292. The molecule has 0 atom stereocenters. The van der Waals surface area contributed by atoms with Gasteiger partial charge in [-0.1, -0.05) is 0 Å². The highest BCUT2D eigenvalue weighted by Gasteiger charge is 2.45. The molecule has 0 spiro atoms. The predicted octanol–water partition coefficient (Wildman–Crippen LogP) is 2.30. The standard InChI is InChI=1S/3C5H11O2.Al/c3*1-5(2,6)4-7-3;/h3*4H2,1-3H3;/q3*-1;+3. The minimum Gasteiger partial charge on any atom is -0.448 e. The lowest BCUT2D eigenvalue weighted by Crippen LogP contribution is -2.50. The van der Waals surface area contributed by atoms with E-state index >= 15 is 0 Å². The van der Waals surface area contributed by atoms with Gasteiger partial charge in [0.2, 0.25) is 0 Å². The molecule has 0 saturated carbocycles. The van der Waals surface area contributed by atoms with Crippen LogP contribution in [0.25, 0.3) is 0 Å². The first-order valence-electron chi connectivity index (χ1n) is 7.47. The zero-order valence-electron chi connectivity index (χ0n) is 15.6. The van der Waals surface area contributed by atoms with Crippen LogP contribution in [-0.4, -0.2) is 73.1 Å². The topological polar surface area (TPSA) is 55.4 Å². The van der Waals surface area contributed by atoms with Gasteiger partial charge in [0.25, 0.3) is 0 Å². The van der Waals surface area contributed by atoms with Crippen molar-refractivity contribution in [1.82, 2.24) is 0 Å². The van der Waals surface area contributed by atoms with Gasteiger partial charge >= 0.3 is 15.1 Å². The maximum atomic E-state index is 6.10. The van der Waals surface area contributed by atoms with Gasteiger partial charge in [-0.05, 0) is 41.5 Å². The summed E-state index contributed by atoms with van der Waals surface area (Å²) in [7, 11) is 4.94. The molecule has 22 heavy (non-hydrogen) atoms. The van der Waals surface area contributed by atoms with Crippen LogP contribution in [0.4, 0.5) is 0 Å². The van der Waals surface area contributed by atoms with E-state index in [0.29, 0.717) is 19.8 Å². The van der Waals surface area contributed by atoms with Crippen molar-refractivity contribution < 1.29 is 25.6 Å². The van der Waals surface area contributed by atoms with Crippen molar-refractivity contribution in [2.75, 3.05) is 41.2 Å². The van der Waals surface area contributed by atoms with Crippen LogP contribution in [0.2, 0.25) is 0 Å². The molecule has 0 aliphatic rings. The first-order chi connectivity index (χ1) is 9.97. The Morgan fingerprint density at radius 1 is 0.545 bits per heavy atom. The predicted molar refractivity (Wildman–Crippen MR) is 86.9 cm³/mol. The quantitative estimate of drug-likeness (QED) is 0.510. The van der Waals surface area contributed by atoms with Crippen LogP contribution in [0, 0.1) is 0 Å². The van der Waals surface area contributed by atoms with Crippen LogP contribution in [-0.2, 0) is 25.6 Å². The lowest BCUT2D eigenvalue weighted by atomic mass is 10.2. The van der Waals surface area contributed by atoms with Crippen molar-refractivity contribution in [2.24, 2.45) is 0 Å². The van der Waals surface area contributed by atoms with Gasteiger partial charge in [-0.15, -0.1) is 0 Å². The van der Waals surface area contributed by atoms with Crippen molar-refractivity contribution in [3.63, 3.8) is 0 Å². The number of rotatable bonds is 12. The fourth-order valence-electron chi connectivity index (χ4n) is 2.00. The van der Waals surface area contributed by atoms with E-state index in [0.717, 1.165) is 0 Å². The summed E-state index contributed by atoms with van der Waals surface area (Å²) in [6.07, 6.45) is 0. The van der Waals surface area contributed by atoms with Crippen LogP contribution >= 0.6 is 0 Å². The summed E-state index contributed by atoms with van der Waals surface area (Å²) in [5.74, 6) is 0. The Balaban J connectivity index is 4.98. The van der Waals surface area contributed by atoms with Crippen LogP contribution < -0.4 is 0 Å². The molecule has 0 aliphatic heterocycles. The first-order valence-corrected chi connectivity index (χ1v) is 8.89. The zero-order chi connectivity index (χ0) is 17.4. The van der Waals surface area contributed by atoms with Gasteiger partial charge in [0.15, 0.2) is 0 Å². The van der Waals surface area contributed by atoms with Gasteiger partial charge in [-0.3, -0.25) is 0 Å². The van der Waals surface area contributed by atoms with E-state index in [1.165, 1.54) is 0 Å². The highest BCUT2D eigenvalue weighted by atomic mass is 27.3. The molecule has 7 heteroatoms. The monoisotopic (exact) mass is 336 g/mol. The minimum absolute atomic E-state index is 0.457. The molecule has 0 aromatic rings. The van der Waals surface area contributed by atoms with E-state index in [1.54, 1.807) is 21.3 Å². The third-order valence-corrected chi connectivity index (χ3v) is 5.21. The summed E-state index contributed by atoms with van der Waals surface area (Å²) in [5, 5.41) is 0. The zero-order valence-corrected chi connectivity index (χ0v) is 16.8. The molecule has 0 N–H and O–H groups in total. The SMILES string of the molecule is COCC(C)(C)[O][Al]([O]C(C)(C)COC)[O]C(C)(C)COC. The van der Waals surface area contributed by atoms with Gasteiger partial charge in [-0.2, -0.15) is 0 Å². The molecule has 6 nitrogen and oxygen atoms in total. The third-order valence-electron chi connectivity index (χ3n) is 2.72. The second-order valence-corrected chi connectivity index (χ2v) is 8.50. The molecule has 0 radical (unpaired) electrons.